The monoisotopic (exact) mass is 817 g/mol. The van der Waals surface area contributed by atoms with Crippen molar-refractivity contribution in [1.82, 2.24) is 10.2 Å². The van der Waals surface area contributed by atoms with Gasteiger partial charge in [0, 0.05) is 36.6 Å². The minimum absolute atomic E-state index is 0.0982. The minimum atomic E-state index is -2.92. The highest BCUT2D eigenvalue weighted by molar-refractivity contribution is 7.98. The van der Waals surface area contributed by atoms with E-state index in [1.807, 2.05) is 25.6 Å². The van der Waals surface area contributed by atoms with Crippen molar-refractivity contribution in [2.45, 2.75) is 150 Å². The third kappa shape index (κ3) is 6.69. The van der Waals surface area contributed by atoms with E-state index in [4.69, 9.17) is 4.74 Å². The van der Waals surface area contributed by atoms with Crippen LogP contribution in [-0.2, 0) is 24.2 Å². The van der Waals surface area contributed by atoms with Crippen LogP contribution in [0, 0.1) is 68.5 Å². The summed E-state index contributed by atoms with van der Waals surface area (Å²) >= 11 is 1.89. The zero-order chi connectivity index (χ0) is 40.9. The molecule has 7 fully saturated rings. The molecular weight excluding hydrogens is 741 g/mol. The average molecular weight is 817 g/mol. The molecule has 6 aliphatic carbocycles. The largest absolute Gasteiger partial charge is 0.481 e. The number of rotatable bonds is 11. The van der Waals surface area contributed by atoms with Gasteiger partial charge in [-0.1, -0.05) is 60.6 Å². The van der Waals surface area contributed by atoms with Gasteiger partial charge in [-0.2, -0.15) is 11.8 Å². The van der Waals surface area contributed by atoms with Crippen LogP contribution in [0.15, 0.2) is 12.2 Å². The lowest BCUT2D eigenvalue weighted by Gasteiger charge is -2.73. The number of nitrogens with zero attached hydrogens (tertiary/aromatic N) is 1. The molecule has 0 radical (unpaired) electrons. The summed E-state index contributed by atoms with van der Waals surface area (Å²) in [5.41, 5.74) is 1.32. The van der Waals surface area contributed by atoms with Crippen molar-refractivity contribution in [2.24, 2.45) is 68.5 Å². The van der Waals surface area contributed by atoms with Crippen molar-refractivity contribution in [3.63, 3.8) is 0 Å². The van der Waals surface area contributed by atoms with Crippen LogP contribution in [-0.4, -0.2) is 91.2 Å². The highest BCUT2D eigenvalue weighted by Crippen LogP contribution is 2.76. The Morgan fingerprint density at radius 1 is 0.875 bits per heavy atom. The van der Waals surface area contributed by atoms with Crippen LogP contribution in [0.5, 0.6) is 0 Å². The van der Waals surface area contributed by atoms with Gasteiger partial charge in [-0.05, 0) is 147 Å². The van der Waals surface area contributed by atoms with Gasteiger partial charge in [0.05, 0.1) is 23.3 Å². The first kappa shape index (κ1) is 43.0. The summed E-state index contributed by atoms with van der Waals surface area (Å²) in [4.78, 5) is 27.9. The molecular formula is C46H76N2O6S2. The lowest BCUT2D eigenvalue weighted by atomic mass is 9.32. The molecule has 7 rings (SSSR count). The first-order valence-corrected chi connectivity index (χ1v) is 25.6. The summed E-state index contributed by atoms with van der Waals surface area (Å²) in [7, 11) is -2.92. The molecule has 1 heterocycles. The summed E-state index contributed by atoms with van der Waals surface area (Å²) in [5, 5.41) is 14.0. The molecule has 7 aliphatic rings. The van der Waals surface area contributed by atoms with Crippen molar-refractivity contribution in [2.75, 3.05) is 43.1 Å². The van der Waals surface area contributed by atoms with Crippen LogP contribution in [0.4, 0.5) is 0 Å². The molecule has 10 heteroatoms. The molecule has 6 saturated carbocycles. The predicted octanol–water partition coefficient (Wildman–Crippen LogP) is 8.50. The average Bonchev–Trinajstić information content (AvgIpc) is 3.50. The number of aliphatic carboxylic acids is 1. The number of fused-ring (bicyclic) bond motifs is 7. The smallest absolute Gasteiger partial charge is 0.309 e. The Balaban J connectivity index is 1.10. The fourth-order valence-corrected chi connectivity index (χ4v) is 17.4. The number of carboxylic acids is 1. The number of hydrogen-bond acceptors (Lipinski definition) is 8. The molecule has 0 aromatic carbocycles. The van der Waals surface area contributed by atoms with Gasteiger partial charge in [0.2, 0.25) is 0 Å². The number of sulfone groups is 1. The predicted molar refractivity (Wildman–Crippen MR) is 227 cm³/mol. The second-order valence-electron chi connectivity index (χ2n) is 22.1. The van der Waals surface area contributed by atoms with E-state index in [1.54, 1.807) is 0 Å². The summed E-state index contributed by atoms with van der Waals surface area (Å²) in [6.45, 7) is 25.7. The molecule has 13 atom stereocenters. The van der Waals surface area contributed by atoms with Gasteiger partial charge >= 0.3 is 11.9 Å². The van der Waals surface area contributed by atoms with Crippen LogP contribution in [0.3, 0.4) is 0 Å². The highest BCUT2D eigenvalue weighted by Gasteiger charge is 2.71. The molecule has 1 saturated heterocycles. The van der Waals surface area contributed by atoms with Gasteiger partial charge < -0.3 is 15.2 Å². The lowest BCUT2D eigenvalue weighted by molar-refractivity contribution is -0.248. The van der Waals surface area contributed by atoms with Crippen molar-refractivity contribution in [1.29, 1.82) is 0 Å². The molecule has 0 bridgehead atoms. The maximum atomic E-state index is 13.7. The minimum Gasteiger partial charge on any atom is -0.481 e. The number of thioether (sulfide) groups is 1. The Morgan fingerprint density at radius 3 is 2.20 bits per heavy atom. The van der Waals surface area contributed by atoms with E-state index >= 15 is 0 Å². The maximum Gasteiger partial charge on any atom is 0.309 e. The second-order valence-corrected chi connectivity index (χ2v) is 25.4. The number of nitrogens with one attached hydrogen (secondary N) is 1. The van der Waals surface area contributed by atoms with Crippen molar-refractivity contribution in [3.05, 3.63) is 12.2 Å². The molecule has 2 N–H and O–H groups in total. The molecule has 0 amide bonds. The summed E-state index contributed by atoms with van der Waals surface area (Å²) < 4.78 is 31.2. The Hall–Kier alpha value is -1.10. The summed E-state index contributed by atoms with van der Waals surface area (Å²) in [6.07, 6.45) is 15.2. The van der Waals surface area contributed by atoms with E-state index < -0.39 is 27.1 Å². The molecule has 56 heavy (non-hydrogen) atoms. The van der Waals surface area contributed by atoms with Crippen LogP contribution in [0.25, 0.3) is 0 Å². The van der Waals surface area contributed by atoms with Gasteiger partial charge in [0.25, 0.3) is 0 Å². The second kappa shape index (κ2) is 14.8. The molecule has 8 nitrogen and oxygen atoms in total. The third-order valence-electron chi connectivity index (χ3n) is 19.4. The quantitative estimate of drug-likeness (QED) is 0.157. The fourth-order valence-electron chi connectivity index (χ4n) is 15.7. The van der Waals surface area contributed by atoms with Crippen LogP contribution in [0.2, 0.25) is 0 Å². The zero-order valence-corrected chi connectivity index (χ0v) is 38.0. The standard InChI is InChI=1S/C46H76N2O6S2/c1-29(2)31-13-19-46(47-28-30(16-24-55-10)48-22-25-56(52,53)26-23-48)21-20-44(8)32(38(31)46)11-12-36-43(7)17-15-37(42(5,6)35(43)14-18-45(36,44)9)54-40(51)34-27-33(39(49)50)41(34,3)4/h30-38,47H,1,11-28H2,2-10H3,(H,49,50)/t30?,31-,32+,33-,34+,35-,36+,37-,38+,43-,44+,45+,46-/m0/s1. The normalized spacial score (nSPS) is 45.5. The Bertz CT molecular complexity index is 1650. The van der Waals surface area contributed by atoms with E-state index in [9.17, 15) is 23.1 Å². The molecule has 1 aliphatic heterocycles. The van der Waals surface area contributed by atoms with Gasteiger partial charge in [0.15, 0.2) is 9.84 Å². The van der Waals surface area contributed by atoms with Crippen LogP contribution < -0.4 is 5.32 Å². The topological polar surface area (TPSA) is 113 Å². The number of allylic oxidation sites excluding steroid dienone is 1. The molecule has 1 unspecified atom stereocenters. The number of hydrogen-bond donors (Lipinski definition) is 2. The van der Waals surface area contributed by atoms with Crippen molar-refractivity contribution >= 4 is 33.5 Å². The highest BCUT2D eigenvalue weighted by atomic mass is 32.2. The first-order chi connectivity index (χ1) is 26.1. The lowest BCUT2D eigenvalue weighted by Crippen LogP contribution is -2.69. The SMILES string of the molecule is C=C(C)[C@@H]1CC[C@]2(NCC(CCSC)N3CCS(=O)(=O)CC3)CC[C@]3(C)[C@H](CC[C@@H]4[C@@]5(C)CC[C@H](OC(=O)[C@H]6C[C@@H](C(=O)O)C6(C)C)C(C)(C)[C@@H]5CC[C@]43C)[C@@H]12. The van der Waals surface area contributed by atoms with E-state index in [1.165, 1.54) is 50.5 Å². The van der Waals surface area contributed by atoms with Gasteiger partial charge in [0.1, 0.15) is 6.10 Å². The number of carbonyl (C=O) groups is 2. The Labute approximate surface area is 344 Å². The molecule has 0 aromatic rings. The summed E-state index contributed by atoms with van der Waals surface area (Å²) in [5.74, 6) is 2.61. The van der Waals surface area contributed by atoms with E-state index in [0.717, 1.165) is 38.0 Å². The number of carboxylic acid groups (broad SMARTS) is 1. The van der Waals surface area contributed by atoms with Crippen LogP contribution in [0.1, 0.15) is 132 Å². The fraction of sp³-hybridized carbons (Fsp3) is 0.913. The Morgan fingerprint density at radius 2 is 1.57 bits per heavy atom. The van der Waals surface area contributed by atoms with Crippen LogP contribution >= 0.6 is 11.8 Å². The van der Waals surface area contributed by atoms with Crippen molar-refractivity contribution < 1.29 is 27.9 Å². The zero-order valence-electron chi connectivity index (χ0n) is 36.4. The maximum absolute atomic E-state index is 13.7. The Kier molecular flexibility index (Phi) is 11.4. The van der Waals surface area contributed by atoms with E-state index in [0.29, 0.717) is 55.1 Å². The van der Waals surface area contributed by atoms with Crippen molar-refractivity contribution in [3.8, 4) is 0 Å². The first-order valence-electron chi connectivity index (χ1n) is 22.3. The third-order valence-corrected chi connectivity index (χ3v) is 21.6. The van der Waals surface area contributed by atoms with Gasteiger partial charge in [-0.3, -0.25) is 14.5 Å². The molecule has 318 valence electrons. The number of carbonyl (C=O) groups excluding carboxylic acids is 1. The summed E-state index contributed by atoms with van der Waals surface area (Å²) in [6, 6.07) is 0.355. The van der Waals surface area contributed by atoms with Gasteiger partial charge in [-0.25, -0.2) is 8.42 Å². The van der Waals surface area contributed by atoms with E-state index in [2.05, 4.69) is 64.6 Å². The molecule has 0 aromatic heterocycles. The van der Waals surface area contributed by atoms with E-state index in [-0.39, 0.29) is 56.7 Å². The number of esters is 1. The van der Waals surface area contributed by atoms with Gasteiger partial charge in [-0.15, -0.1) is 0 Å². The molecule has 0 spiro atoms. The number of ether oxygens (including phenoxy) is 1.